The number of rotatable bonds is 2. The Morgan fingerprint density at radius 3 is 2.82 bits per heavy atom. The number of nitrogens with one attached hydrogen (secondary N) is 1. The van der Waals surface area contributed by atoms with Crippen LogP contribution in [0.3, 0.4) is 0 Å². The van der Waals surface area contributed by atoms with Crippen molar-refractivity contribution in [3.05, 3.63) is 23.8 Å². The second kappa shape index (κ2) is 3.25. The van der Waals surface area contributed by atoms with E-state index in [1.54, 1.807) is 12.1 Å². The Kier molecular flexibility index (Phi) is 2.33. The Hall–Kier alpha value is -1.22. The zero-order chi connectivity index (χ0) is 8.27. The molecule has 4 N–H and O–H groups in total. The van der Waals surface area contributed by atoms with Crippen LogP contribution in [0.15, 0.2) is 18.2 Å². The largest absolute Gasteiger partial charge is 0.508 e. The molecule has 0 saturated heterocycles. The van der Waals surface area contributed by atoms with Crippen molar-refractivity contribution in [2.45, 2.75) is 6.92 Å². The van der Waals surface area contributed by atoms with Crippen molar-refractivity contribution in [3.63, 3.8) is 0 Å². The van der Waals surface area contributed by atoms with E-state index in [0.29, 0.717) is 12.4 Å². The van der Waals surface area contributed by atoms with E-state index in [1.165, 1.54) is 0 Å². The number of aromatic hydroxyl groups is 1. The number of hydrogen-bond acceptors (Lipinski definition) is 3. The average molecular weight is 152 g/mol. The van der Waals surface area contributed by atoms with Crippen LogP contribution in [0.4, 0.5) is 5.69 Å². The van der Waals surface area contributed by atoms with Gasteiger partial charge in [-0.3, -0.25) is 0 Å². The quantitative estimate of drug-likeness (QED) is 0.438. The van der Waals surface area contributed by atoms with Gasteiger partial charge in [0.2, 0.25) is 0 Å². The lowest BCUT2D eigenvalue weighted by atomic mass is 10.2. The van der Waals surface area contributed by atoms with Crippen molar-refractivity contribution in [1.82, 2.24) is 0 Å². The van der Waals surface area contributed by atoms with E-state index in [9.17, 15) is 0 Å². The monoisotopic (exact) mass is 152 g/mol. The summed E-state index contributed by atoms with van der Waals surface area (Å²) in [4.78, 5) is 0. The van der Waals surface area contributed by atoms with Gasteiger partial charge in [-0.1, -0.05) is 0 Å². The van der Waals surface area contributed by atoms with Gasteiger partial charge in [-0.15, -0.1) is 0 Å². The molecule has 0 bridgehead atoms. The summed E-state index contributed by atoms with van der Waals surface area (Å²) in [6.07, 6.45) is 0. The normalized spacial score (nSPS) is 9.64. The van der Waals surface area contributed by atoms with Gasteiger partial charge in [0.05, 0.1) is 6.67 Å². The summed E-state index contributed by atoms with van der Waals surface area (Å²) in [6.45, 7) is 2.25. The van der Waals surface area contributed by atoms with Crippen LogP contribution >= 0.6 is 0 Å². The molecule has 0 spiro atoms. The number of hydrogen-bond donors (Lipinski definition) is 3. The molecule has 0 atom stereocenters. The van der Waals surface area contributed by atoms with Gasteiger partial charge in [-0.25, -0.2) is 0 Å². The van der Waals surface area contributed by atoms with E-state index in [0.717, 1.165) is 11.3 Å². The standard InChI is InChI=1S/C8H12N2O/c1-6-4-7(10-5-9)2-3-8(6)11/h2-4,10-11H,5,9H2,1H3. The first-order chi connectivity index (χ1) is 5.24. The van der Waals surface area contributed by atoms with Crippen LogP contribution in [0.1, 0.15) is 5.56 Å². The molecule has 1 aromatic rings. The summed E-state index contributed by atoms with van der Waals surface area (Å²) in [7, 11) is 0. The van der Waals surface area contributed by atoms with Gasteiger partial charge in [-0.05, 0) is 30.7 Å². The molecule has 0 aliphatic heterocycles. The maximum atomic E-state index is 9.15. The highest BCUT2D eigenvalue weighted by atomic mass is 16.3. The average Bonchev–Trinajstić information content (AvgIpc) is 1.98. The minimum Gasteiger partial charge on any atom is -0.508 e. The molecule has 0 fully saturated rings. The van der Waals surface area contributed by atoms with Gasteiger partial charge in [0.25, 0.3) is 0 Å². The van der Waals surface area contributed by atoms with Gasteiger partial charge in [0, 0.05) is 5.69 Å². The smallest absolute Gasteiger partial charge is 0.118 e. The molecule has 11 heavy (non-hydrogen) atoms. The lowest BCUT2D eigenvalue weighted by molar-refractivity contribution is 0.471. The highest BCUT2D eigenvalue weighted by Crippen LogP contribution is 2.19. The Morgan fingerprint density at radius 2 is 2.27 bits per heavy atom. The third-order valence-corrected chi connectivity index (χ3v) is 1.50. The second-order valence-electron chi connectivity index (χ2n) is 2.38. The fraction of sp³-hybridized carbons (Fsp3) is 0.250. The minimum absolute atomic E-state index is 0.313. The SMILES string of the molecule is Cc1cc(NCN)ccc1O. The zero-order valence-electron chi connectivity index (χ0n) is 6.46. The van der Waals surface area contributed by atoms with E-state index in [2.05, 4.69) is 5.32 Å². The molecule has 0 unspecified atom stereocenters. The molecule has 0 aromatic heterocycles. The lowest BCUT2D eigenvalue weighted by Gasteiger charge is -2.04. The van der Waals surface area contributed by atoms with E-state index < -0.39 is 0 Å². The van der Waals surface area contributed by atoms with Crippen LogP contribution in [0.5, 0.6) is 5.75 Å². The van der Waals surface area contributed by atoms with E-state index in [1.807, 2.05) is 13.0 Å². The van der Waals surface area contributed by atoms with Crippen LogP contribution < -0.4 is 11.1 Å². The highest BCUT2D eigenvalue weighted by molar-refractivity contribution is 5.49. The summed E-state index contributed by atoms with van der Waals surface area (Å²) in [6, 6.07) is 5.28. The maximum absolute atomic E-state index is 9.15. The molecule has 0 amide bonds. The molecule has 3 heteroatoms. The highest BCUT2D eigenvalue weighted by Gasteiger charge is 1.95. The molecular weight excluding hydrogens is 140 g/mol. The first-order valence-corrected chi connectivity index (χ1v) is 3.47. The van der Waals surface area contributed by atoms with Crippen molar-refractivity contribution in [2.24, 2.45) is 5.73 Å². The van der Waals surface area contributed by atoms with Crippen LogP contribution in [0.2, 0.25) is 0 Å². The van der Waals surface area contributed by atoms with Crippen LogP contribution in [-0.4, -0.2) is 11.8 Å². The molecule has 60 valence electrons. The Labute approximate surface area is 65.8 Å². The Balaban J connectivity index is 2.86. The van der Waals surface area contributed by atoms with E-state index >= 15 is 0 Å². The first-order valence-electron chi connectivity index (χ1n) is 3.47. The number of phenolic OH excluding ortho intramolecular Hbond substituents is 1. The summed E-state index contributed by atoms with van der Waals surface area (Å²) >= 11 is 0. The molecule has 3 nitrogen and oxygen atoms in total. The number of anilines is 1. The van der Waals surface area contributed by atoms with Crippen molar-refractivity contribution in [3.8, 4) is 5.75 Å². The first kappa shape index (κ1) is 7.88. The fourth-order valence-electron chi connectivity index (χ4n) is 0.883. The predicted molar refractivity (Wildman–Crippen MR) is 45.5 cm³/mol. The number of phenols is 1. The van der Waals surface area contributed by atoms with Gasteiger partial charge in [0.1, 0.15) is 5.75 Å². The molecule has 1 aromatic carbocycles. The number of aryl methyl sites for hydroxylation is 1. The summed E-state index contributed by atoms with van der Waals surface area (Å²) in [5.41, 5.74) is 7.06. The molecular formula is C8H12N2O. The molecule has 0 aliphatic carbocycles. The summed E-state index contributed by atoms with van der Waals surface area (Å²) in [5.74, 6) is 0.313. The molecule has 1 rings (SSSR count). The number of benzene rings is 1. The summed E-state index contributed by atoms with van der Waals surface area (Å²) < 4.78 is 0. The molecule has 0 radical (unpaired) electrons. The third kappa shape index (κ3) is 1.85. The Bertz CT molecular complexity index is 248. The van der Waals surface area contributed by atoms with E-state index in [4.69, 9.17) is 10.8 Å². The maximum Gasteiger partial charge on any atom is 0.118 e. The van der Waals surface area contributed by atoms with Crippen molar-refractivity contribution < 1.29 is 5.11 Å². The Morgan fingerprint density at radius 1 is 1.55 bits per heavy atom. The zero-order valence-corrected chi connectivity index (χ0v) is 6.46. The second-order valence-corrected chi connectivity index (χ2v) is 2.38. The van der Waals surface area contributed by atoms with Gasteiger partial charge in [0.15, 0.2) is 0 Å². The fourth-order valence-corrected chi connectivity index (χ4v) is 0.883. The van der Waals surface area contributed by atoms with E-state index in [-0.39, 0.29) is 0 Å². The molecule has 0 saturated carbocycles. The van der Waals surface area contributed by atoms with Gasteiger partial charge < -0.3 is 16.2 Å². The lowest BCUT2D eigenvalue weighted by Crippen LogP contribution is -2.10. The summed E-state index contributed by atoms with van der Waals surface area (Å²) in [5, 5.41) is 12.1. The van der Waals surface area contributed by atoms with Crippen molar-refractivity contribution in [2.75, 3.05) is 12.0 Å². The van der Waals surface area contributed by atoms with Crippen molar-refractivity contribution in [1.29, 1.82) is 0 Å². The molecule has 0 heterocycles. The van der Waals surface area contributed by atoms with Gasteiger partial charge >= 0.3 is 0 Å². The minimum atomic E-state index is 0.313. The third-order valence-electron chi connectivity index (χ3n) is 1.50. The predicted octanol–water partition coefficient (Wildman–Crippen LogP) is 1.03. The number of nitrogens with two attached hydrogens (primary N) is 1. The van der Waals surface area contributed by atoms with Crippen LogP contribution in [0.25, 0.3) is 0 Å². The van der Waals surface area contributed by atoms with Gasteiger partial charge in [-0.2, -0.15) is 0 Å². The van der Waals surface area contributed by atoms with Crippen LogP contribution in [-0.2, 0) is 0 Å². The molecule has 0 aliphatic rings. The van der Waals surface area contributed by atoms with Crippen molar-refractivity contribution >= 4 is 5.69 Å². The topological polar surface area (TPSA) is 58.3 Å². The van der Waals surface area contributed by atoms with Crippen LogP contribution in [0, 0.1) is 6.92 Å².